The molecule has 0 radical (unpaired) electrons. The van der Waals surface area contributed by atoms with Gasteiger partial charge in [-0.15, -0.1) is 6.42 Å². The van der Waals surface area contributed by atoms with E-state index in [1.165, 1.54) is 0 Å². The van der Waals surface area contributed by atoms with E-state index in [9.17, 15) is 4.79 Å². The minimum Gasteiger partial charge on any atom is -0.429 e. The van der Waals surface area contributed by atoms with E-state index in [-0.39, 0.29) is 25.8 Å². The second kappa shape index (κ2) is 6.06. The molecule has 0 aromatic rings. The van der Waals surface area contributed by atoms with Crippen LogP contribution in [0.3, 0.4) is 0 Å². The van der Waals surface area contributed by atoms with Crippen LogP contribution in [-0.2, 0) is 4.74 Å². The topological polar surface area (TPSA) is 50.7 Å². The van der Waals surface area contributed by atoms with Gasteiger partial charge in [-0.25, -0.2) is 10.2 Å². The highest BCUT2D eigenvalue weighted by Crippen LogP contribution is 2.39. The van der Waals surface area contributed by atoms with Crippen LogP contribution in [0.5, 0.6) is 0 Å². The van der Waals surface area contributed by atoms with E-state index in [1.807, 2.05) is 0 Å². The van der Waals surface area contributed by atoms with Crippen molar-refractivity contribution in [3.63, 3.8) is 0 Å². The van der Waals surface area contributed by atoms with Crippen LogP contribution in [0.15, 0.2) is 25.2 Å². The minimum atomic E-state index is -1.06. The van der Waals surface area contributed by atoms with E-state index < -0.39 is 11.7 Å². The van der Waals surface area contributed by atoms with Crippen molar-refractivity contribution in [3.8, 4) is 12.3 Å². The Hall–Kier alpha value is -0.860. The Labute approximate surface area is 130 Å². The van der Waals surface area contributed by atoms with Crippen molar-refractivity contribution in [3.05, 3.63) is 20.1 Å². The quantitative estimate of drug-likeness (QED) is 0.612. The average molecular weight is 342 g/mol. The van der Waals surface area contributed by atoms with Crippen LogP contribution in [0.2, 0.25) is 0 Å². The first-order valence-corrected chi connectivity index (χ1v) is 6.37. The van der Waals surface area contributed by atoms with Gasteiger partial charge >= 0.3 is 6.09 Å². The lowest BCUT2D eigenvalue weighted by Crippen LogP contribution is -2.31. The number of rotatable bonds is 2. The normalized spacial score (nSPS) is 15.5. The molecule has 0 fully saturated rings. The zero-order valence-electron chi connectivity index (χ0n) is 9.85. The van der Waals surface area contributed by atoms with Crippen molar-refractivity contribution < 1.29 is 9.53 Å². The molecule has 19 heavy (non-hydrogen) atoms. The summed E-state index contributed by atoms with van der Waals surface area (Å²) >= 11 is 23.2. The highest BCUT2D eigenvalue weighted by Gasteiger charge is 2.27. The predicted octanol–water partition coefficient (Wildman–Crippen LogP) is 3.87. The Morgan fingerprint density at radius 3 is 2.11 bits per heavy atom. The molecule has 1 rings (SSSR count). The summed E-state index contributed by atoms with van der Waals surface area (Å²) in [5.41, 5.74) is 1.08. The first kappa shape index (κ1) is 16.2. The predicted molar refractivity (Wildman–Crippen MR) is 77.4 cm³/mol. The first-order chi connectivity index (χ1) is 8.69. The molecule has 0 saturated carbocycles. The van der Waals surface area contributed by atoms with Crippen LogP contribution in [0.25, 0.3) is 0 Å². The monoisotopic (exact) mass is 340 g/mol. The minimum absolute atomic E-state index is 0.0353. The first-order valence-electron chi connectivity index (χ1n) is 4.85. The summed E-state index contributed by atoms with van der Waals surface area (Å²) in [6.45, 7) is 3.09. The summed E-state index contributed by atoms with van der Waals surface area (Å²) < 4.78 is 4.89. The lowest BCUT2D eigenvalue weighted by molar-refractivity contribution is 0.0785. The molecule has 0 spiro atoms. The molecule has 0 aromatic heterocycles. The molecule has 0 saturated heterocycles. The third-order valence-corrected chi connectivity index (χ3v) is 3.73. The van der Waals surface area contributed by atoms with Crippen molar-refractivity contribution in [2.45, 2.75) is 19.4 Å². The number of nitrogens with one attached hydrogen (secondary N) is 1. The van der Waals surface area contributed by atoms with Gasteiger partial charge in [0.15, 0.2) is 5.60 Å². The molecule has 0 aliphatic heterocycles. The van der Waals surface area contributed by atoms with Crippen molar-refractivity contribution in [2.24, 2.45) is 5.10 Å². The maximum absolute atomic E-state index is 11.4. The van der Waals surface area contributed by atoms with Gasteiger partial charge in [0.05, 0.1) is 20.1 Å². The van der Waals surface area contributed by atoms with Gasteiger partial charge in [0.2, 0.25) is 0 Å². The van der Waals surface area contributed by atoms with Crippen molar-refractivity contribution in [1.82, 2.24) is 5.43 Å². The van der Waals surface area contributed by atoms with Crippen molar-refractivity contribution >= 4 is 58.2 Å². The van der Waals surface area contributed by atoms with Crippen LogP contribution in [0.1, 0.15) is 13.8 Å². The lowest BCUT2D eigenvalue weighted by Gasteiger charge is -2.17. The van der Waals surface area contributed by atoms with Gasteiger partial charge in [-0.1, -0.05) is 52.3 Å². The van der Waals surface area contributed by atoms with Gasteiger partial charge in [0.1, 0.15) is 5.71 Å². The van der Waals surface area contributed by atoms with Crippen LogP contribution in [-0.4, -0.2) is 17.4 Å². The van der Waals surface area contributed by atoms with E-state index >= 15 is 0 Å². The van der Waals surface area contributed by atoms with E-state index in [4.69, 9.17) is 57.6 Å². The van der Waals surface area contributed by atoms with Crippen LogP contribution < -0.4 is 5.43 Å². The standard InChI is InChI=1S/C11H8Cl4N2O2/c1-4-11(2,3)19-10(18)17-16-9-7(14)5(12)6(13)8(9)15/h1H,2-3H3,(H,17,18). The summed E-state index contributed by atoms with van der Waals surface area (Å²) in [7, 11) is 0. The van der Waals surface area contributed by atoms with Crippen LogP contribution >= 0.6 is 46.4 Å². The molecule has 0 unspecified atom stereocenters. The second-order valence-corrected chi connectivity index (χ2v) is 5.38. The Bertz CT molecular complexity index is 530. The highest BCUT2D eigenvalue weighted by molar-refractivity contribution is 6.66. The van der Waals surface area contributed by atoms with E-state index in [2.05, 4.69) is 16.4 Å². The Morgan fingerprint density at radius 1 is 1.21 bits per heavy atom. The molecule has 1 aliphatic carbocycles. The number of hydrogen-bond acceptors (Lipinski definition) is 3. The molecular weight excluding hydrogens is 334 g/mol. The molecule has 1 amide bonds. The number of nitrogens with zero attached hydrogens (tertiary/aromatic N) is 1. The fourth-order valence-electron chi connectivity index (χ4n) is 0.981. The molecule has 0 bridgehead atoms. The third kappa shape index (κ3) is 3.80. The van der Waals surface area contributed by atoms with Gasteiger partial charge in [-0.2, -0.15) is 5.10 Å². The Kier molecular flexibility index (Phi) is 5.17. The molecule has 1 N–H and O–H groups in total. The summed E-state index contributed by atoms with van der Waals surface area (Å²) in [6.07, 6.45) is 4.31. The Balaban J connectivity index is 2.80. The number of halogens is 4. The highest BCUT2D eigenvalue weighted by atomic mass is 35.5. The van der Waals surface area contributed by atoms with Gasteiger partial charge in [0, 0.05) is 0 Å². The number of allylic oxidation sites excluding steroid dienone is 4. The number of ether oxygens (including phenoxy) is 1. The van der Waals surface area contributed by atoms with Gasteiger partial charge in [-0.3, -0.25) is 0 Å². The number of carbonyl (C=O) groups is 1. The van der Waals surface area contributed by atoms with Gasteiger partial charge in [0.25, 0.3) is 0 Å². The summed E-state index contributed by atoms with van der Waals surface area (Å²) in [6, 6.07) is 0. The number of hydrogen-bond donors (Lipinski definition) is 1. The van der Waals surface area contributed by atoms with Crippen molar-refractivity contribution in [1.29, 1.82) is 0 Å². The third-order valence-electron chi connectivity index (χ3n) is 1.95. The number of carbonyl (C=O) groups excluding carboxylic acids is 1. The van der Waals surface area contributed by atoms with Crippen LogP contribution in [0, 0.1) is 12.3 Å². The fourth-order valence-corrected chi connectivity index (χ4v) is 1.96. The molecule has 0 aromatic carbocycles. The van der Waals surface area contributed by atoms with Gasteiger partial charge in [-0.05, 0) is 13.8 Å². The summed E-state index contributed by atoms with van der Waals surface area (Å²) in [5, 5.41) is 3.87. The molecule has 8 heteroatoms. The molecule has 4 nitrogen and oxygen atoms in total. The number of amides is 1. The molecular formula is C11H8Cl4N2O2. The zero-order valence-corrected chi connectivity index (χ0v) is 12.9. The number of hydrazone groups is 1. The second-order valence-electron chi connectivity index (χ2n) is 3.87. The summed E-state index contributed by atoms with van der Waals surface area (Å²) in [5.74, 6) is 2.29. The van der Waals surface area contributed by atoms with E-state index in [1.54, 1.807) is 13.8 Å². The maximum atomic E-state index is 11.4. The van der Waals surface area contributed by atoms with E-state index in [0.29, 0.717) is 0 Å². The van der Waals surface area contributed by atoms with Crippen LogP contribution in [0.4, 0.5) is 4.79 Å². The fraction of sp³-hybridized carbons (Fsp3) is 0.273. The Morgan fingerprint density at radius 2 is 1.68 bits per heavy atom. The van der Waals surface area contributed by atoms with E-state index in [0.717, 1.165) is 0 Å². The average Bonchev–Trinajstić information content (AvgIpc) is 2.52. The zero-order chi connectivity index (χ0) is 14.8. The smallest absolute Gasteiger partial charge is 0.429 e. The maximum Gasteiger partial charge on any atom is 0.429 e. The summed E-state index contributed by atoms with van der Waals surface area (Å²) in [4.78, 5) is 11.4. The largest absolute Gasteiger partial charge is 0.429 e. The SMILES string of the molecule is C#CC(C)(C)OC(=O)NN=C1C(Cl)=C(Cl)C(Cl)=C1Cl. The number of terminal acetylenes is 1. The molecule has 102 valence electrons. The molecule has 0 atom stereocenters. The van der Waals surface area contributed by atoms with Crippen molar-refractivity contribution in [2.75, 3.05) is 0 Å². The lowest BCUT2D eigenvalue weighted by atomic mass is 10.2. The molecule has 1 aliphatic rings. The molecule has 0 heterocycles. The van der Waals surface area contributed by atoms with Gasteiger partial charge < -0.3 is 4.74 Å².